The Labute approximate surface area is 162 Å². The van der Waals surface area contributed by atoms with Crippen molar-refractivity contribution >= 4 is 35.3 Å². The van der Waals surface area contributed by atoms with E-state index in [0.717, 1.165) is 11.1 Å². The molecule has 1 saturated heterocycles. The summed E-state index contributed by atoms with van der Waals surface area (Å²) in [6, 6.07) is 13.2. The lowest BCUT2D eigenvalue weighted by Gasteiger charge is -2.21. The topological polar surface area (TPSA) is 43.4 Å². The molecule has 0 radical (unpaired) electrons. The number of hydrogen-bond donors (Lipinski definition) is 0. The molecule has 1 aliphatic rings. The number of carbonyl (C=O) groups excluding carboxylic acids is 2. The molecule has 0 N–H and O–H groups in total. The fraction of sp³-hybridized carbons (Fsp3) is 0.333. The van der Waals surface area contributed by atoms with Crippen molar-refractivity contribution < 1.29 is 14.3 Å². The van der Waals surface area contributed by atoms with Gasteiger partial charge in [-0.15, -0.1) is 23.5 Å². The molecule has 0 aromatic heterocycles. The van der Waals surface area contributed by atoms with E-state index < -0.39 is 5.97 Å². The molecule has 1 fully saturated rings. The Morgan fingerprint density at radius 2 is 1.73 bits per heavy atom. The van der Waals surface area contributed by atoms with Crippen LogP contribution in [0.4, 0.5) is 0 Å². The van der Waals surface area contributed by atoms with Crippen molar-refractivity contribution in [3.05, 3.63) is 70.3 Å². The summed E-state index contributed by atoms with van der Waals surface area (Å²) in [4.78, 5) is 24.5. The van der Waals surface area contributed by atoms with Gasteiger partial charge in [-0.05, 0) is 55.0 Å². The number of esters is 1. The van der Waals surface area contributed by atoms with E-state index in [2.05, 4.69) is 0 Å². The predicted molar refractivity (Wildman–Crippen MR) is 109 cm³/mol. The third-order valence-corrected chi connectivity index (χ3v) is 7.28. The van der Waals surface area contributed by atoms with Gasteiger partial charge in [-0.3, -0.25) is 4.79 Å². The molecule has 3 rings (SSSR count). The number of ether oxygens (including phenoxy) is 1. The number of Topliss-reactive ketones (excluding diaryl/α,β-unsaturated/α-hetero) is 1. The summed E-state index contributed by atoms with van der Waals surface area (Å²) in [6.45, 7) is 3.64. The minimum Gasteiger partial charge on any atom is -0.454 e. The minimum absolute atomic E-state index is 0.178. The number of aryl methyl sites for hydroxylation is 2. The Hall–Kier alpha value is -1.72. The molecule has 0 amide bonds. The first kappa shape index (κ1) is 19.1. The van der Waals surface area contributed by atoms with Crippen LogP contribution in [0.5, 0.6) is 0 Å². The maximum absolute atomic E-state index is 12.3. The van der Waals surface area contributed by atoms with Crippen molar-refractivity contribution in [1.29, 1.82) is 0 Å². The fourth-order valence-corrected chi connectivity index (χ4v) is 5.77. The van der Waals surface area contributed by atoms with Gasteiger partial charge in [0.15, 0.2) is 6.61 Å². The van der Waals surface area contributed by atoms with Gasteiger partial charge >= 0.3 is 5.97 Å². The molecule has 0 bridgehead atoms. The van der Waals surface area contributed by atoms with Crippen LogP contribution in [-0.2, 0) is 4.74 Å². The van der Waals surface area contributed by atoms with Crippen molar-refractivity contribution in [2.75, 3.05) is 18.1 Å². The van der Waals surface area contributed by atoms with Gasteiger partial charge in [0, 0.05) is 5.56 Å². The Bertz CT molecular complexity index is 793. The Kier molecular flexibility index (Phi) is 6.43. The monoisotopic (exact) mass is 386 g/mol. The predicted octanol–water partition coefficient (Wildman–Crippen LogP) is 5.21. The second kappa shape index (κ2) is 8.78. The molecule has 5 heteroatoms. The van der Waals surface area contributed by atoms with Gasteiger partial charge in [0.2, 0.25) is 5.78 Å². The lowest BCUT2D eigenvalue weighted by atomic mass is 10.0. The Morgan fingerprint density at radius 1 is 1.04 bits per heavy atom. The lowest BCUT2D eigenvalue weighted by molar-refractivity contribution is 0.0474. The number of ketones is 1. The molecule has 3 nitrogen and oxygen atoms in total. The molecule has 1 heterocycles. The van der Waals surface area contributed by atoms with E-state index in [4.69, 9.17) is 4.74 Å². The summed E-state index contributed by atoms with van der Waals surface area (Å²) >= 11 is 3.89. The quantitative estimate of drug-likeness (QED) is 0.521. The van der Waals surface area contributed by atoms with Gasteiger partial charge in [0.1, 0.15) is 0 Å². The van der Waals surface area contributed by atoms with E-state index in [1.54, 1.807) is 18.2 Å². The molecule has 0 saturated carbocycles. The van der Waals surface area contributed by atoms with Crippen LogP contribution >= 0.6 is 23.5 Å². The summed E-state index contributed by atoms with van der Waals surface area (Å²) in [5.41, 5.74) is 4.31. The van der Waals surface area contributed by atoms with Crippen molar-refractivity contribution in [3.63, 3.8) is 0 Å². The van der Waals surface area contributed by atoms with Crippen LogP contribution < -0.4 is 0 Å². The standard InChI is InChI=1S/C21H22O3S2/c1-14-4-9-18(15(2)12-14)19(22)13-24-20(23)16-5-7-17(8-6-16)21-25-10-3-11-26-21/h4-9,12,21H,3,10-11,13H2,1-2H3. The molecular weight excluding hydrogens is 364 g/mol. The Morgan fingerprint density at radius 3 is 2.38 bits per heavy atom. The molecule has 1 aliphatic heterocycles. The Balaban J connectivity index is 1.58. The highest BCUT2D eigenvalue weighted by Crippen LogP contribution is 2.43. The first-order chi connectivity index (χ1) is 12.5. The van der Waals surface area contributed by atoms with E-state index in [1.165, 1.54) is 23.5 Å². The van der Waals surface area contributed by atoms with E-state index >= 15 is 0 Å². The SMILES string of the molecule is Cc1ccc(C(=O)COC(=O)c2ccc(C3SCCCS3)cc2)c(C)c1. The van der Waals surface area contributed by atoms with Crippen LogP contribution in [-0.4, -0.2) is 29.9 Å². The fourth-order valence-electron chi connectivity index (χ4n) is 2.88. The molecular formula is C21H22O3S2. The average Bonchev–Trinajstić information content (AvgIpc) is 2.66. The summed E-state index contributed by atoms with van der Waals surface area (Å²) < 4.78 is 5.66. The molecule has 0 aliphatic carbocycles. The van der Waals surface area contributed by atoms with Crippen LogP contribution in [0.2, 0.25) is 0 Å². The zero-order valence-corrected chi connectivity index (χ0v) is 16.6. The average molecular weight is 387 g/mol. The van der Waals surface area contributed by atoms with Gasteiger partial charge in [-0.2, -0.15) is 0 Å². The zero-order valence-electron chi connectivity index (χ0n) is 15.0. The lowest BCUT2D eigenvalue weighted by Crippen LogP contribution is -2.15. The largest absolute Gasteiger partial charge is 0.454 e. The molecule has 2 aromatic rings. The number of carbonyl (C=O) groups is 2. The smallest absolute Gasteiger partial charge is 0.338 e. The van der Waals surface area contributed by atoms with E-state index in [-0.39, 0.29) is 12.4 Å². The molecule has 26 heavy (non-hydrogen) atoms. The van der Waals surface area contributed by atoms with Crippen molar-refractivity contribution in [2.24, 2.45) is 0 Å². The maximum atomic E-state index is 12.3. The molecule has 2 aromatic carbocycles. The van der Waals surface area contributed by atoms with E-state index in [9.17, 15) is 9.59 Å². The highest BCUT2D eigenvalue weighted by molar-refractivity contribution is 8.16. The van der Waals surface area contributed by atoms with Crippen LogP contribution in [0.15, 0.2) is 42.5 Å². The number of hydrogen-bond acceptors (Lipinski definition) is 5. The highest BCUT2D eigenvalue weighted by Gasteiger charge is 2.18. The number of thioether (sulfide) groups is 2. The van der Waals surface area contributed by atoms with Gasteiger partial charge in [-0.1, -0.05) is 35.9 Å². The molecule has 0 spiro atoms. The van der Waals surface area contributed by atoms with Crippen LogP contribution in [0, 0.1) is 13.8 Å². The van der Waals surface area contributed by atoms with Crippen molar-refractivity contribution in [3.8, 4) is 0 Å². The molecule has 136 valence electrons. The van der Waals surface area contributed by atoms with Crippen LogP contribution in [0.1, 0.15) is 48.4 Å². The normalized spacial score (nSPS) is 14.8. The number of rotatable bonds is 5. The maximum Gasteiger partial charge on any atom is 0.338 e. The third-order valence-electron chi connectivity index (χ3n) is 4.26. The summed E-state index contributed by atoms with van der Waals surface area (Å²) in [5, 5.41) is 0. The summed E-state index contributed by atoms with van der Waals surface area (Å²) in [5.74, 6) is 1.73. The van der Waals surface area contributed by atoms with Gasteiger partial charge in [-0.25, -0.2) is 4.79 Å². The summed E-state index contributed by atoms with van der Waals surface area (Å²) in [6.07, 6.45) is 1.25. The van der Waals surface area contributed by atoms with Gasteiger partial charge < -0.3 is 4.74 Å². The number of benzene rings is 2. The van der Waals surface area contributed by atoms with Crippen LogP contribution in [0.25, 0.3) is 0 Å². The van der Waals surface area contributed by atoms with Crippen molar-refractivity contribution in [1.82, 2.24) is 0 Å². The second-order valence-electron chi connectivity index (χ2n) is 6.37. The molecule has 0 unspecified atom stereocenters. The van der Waals surface area contributed by atoms with E-state index in [0.29, 0.717) is 15.7 Å². The minimum atomic E-state index is -0.460. The highest BCUT2D eigenvalue weighted by atomic mass is 32.2. The first-order valence-electron chi connectivity index (χ1n) is 8.65. The first-order valence-corrected chi connectivity index (χ1v) is 10.7. The summed E-state index contributed by atoms with van der Waals surface area (Å²) in [7, 11) is 0. The van der Waals surface area contributed by atoms with Gasteiger partial charge in [0.05, 0.1) is 10.1 Å². The van der Waals surface area contributed by atoms with Gasteiger partial charge in [0.25, 0.3) is 0 Å². The zero-order chi connectivity index (χ0) is 18.5. The van der Waals surface area contributed by atoms with Crippen LogP contribution in [0.3, 0.4) is 0 Å². The van der Waals surface area contributed by atoms with Crippen molar-refractivity contribution in [2.45, 2.75) is 24.9 Å². The third kappa shape index (κ3) is 4.71. The molecule has 0 atom stereocenters. The second-order valence-corrected chi connectivity index (χ2v) is 9.09. The van der Waals surface area contributed by atoms with E-state index in [1.807, 2.05) is 61.6 Å².